The lowest BCUT2D eigenvalue weighted by Gasteiger charge is -2.34. The zero-order valence-corrected chi connectivity index (χ0v) is 23.3. The number of fused-ring (bicyclic) bond motifs is 5. The summed E-state index contributed by atoms with van der Waals surface area (Å²) in [6, 6.07) is 52.8. The van der Waals surface area contributed by atoms with Crippen LogP contribution < -0.4 is 4.90 Å². The Bertz CT molecular complexity index is 2050. The molecule has 7 aromatic rings. The summed E-state index contributed by atoms with van der Waals surface area (Å²) in [5, 5.41) is 2.57. The summed E-state index contributed by atoms with van der Waals surface area (Å²) in [5.41, 5.74) is 12.4. The Labute approximate surface area is 240 Å². The van der Waals surface area contributed by atoms with E-state index in [0.717, 1.165) is 17.1 Å². The maximum atomic E-state index is 2.48. The average molecular weight is 527 g/mol. The van der Waals surface area contributed by atoms with Gasteiger partial charge < -0.3 is 9.47 Å². The first kappa shape index (κ1) is 23.8. The van der Waals surface area contributed by atoms with Crippen molar-refractivity contribution >= 4 is 38.9 Å². The number of anilines is 3. The van der Waals surface area contributed by atoms with Gasteiger partial charge in [-0.3, -0.25) is 0 Å². The van der Waals surface area contributed by atoms with Gasteiger partial charge in [-0.2, -0.15) is 0 Å². The van der Waals surface area contributed by atoms with E-state index in [4.69, 9.17) is 0 Å². The van der Waals surface area contributed by atoms with E-state index in [9.17, 15) is 0 Å². The third-order valence-electron chi connectivity index (χ3n) is 8.77. The van der Waals surface area contributed by atoms with Gasteiger partial charge in [0.25, 0.3) is 0 Å². The van der Waals surface area contributed by atoms with Crippen molar-refractivity contribution in [1.29, 1.82) is 0 Å². The molecule has 0 fully saturated rings. The molecule has 0 N–H and O–H groups in total. The van der Waals surface area contributed by atoms with Crippen LogP contribution in [0, 0.1) is 0 Å². The van der Waals surface area contributed by atoms with E-state index in [1.807, 2.05) is 0 Å². The Morgan fingerprint density at radius 3 is 1.88 bits per heavy atom. The highest BCUT2D eigenvalue weighted by atomic mass is 15.1. The van der Waals surface area contributed by atoms with Crippen molar-refractivity contribution in [3.63, 3.8) is 0 Å². The van der Waals surface area contributed by atoms with Crippen LogP contribution in [-0.4, -0.2) is 4.57 Å². The van der Waals surface area contributed by atoms with Gasteiger partial charge >= 0.3 is 0 Å². The molecule has 0 unspecified atom stereocenters. The molecule has 1 aliphatic rings. The molecule has 0 atom stereocenters. The monoisotopic (exact) mass is 526 g/mol. The predicted octanol–water partition coefficient (Wildman–Crippen LogP) is 10.6. The van der Waals surface area contributed by atoms with Crippen molar-refractivity contribution in [3.8, 4) is 16.8 Å². The first-order valence-electron chi connectivity index (χ1n) is 14.3. The number of benzene rings is 6. The first-order chi connectivity index (χ1) is 20.1. The van der Waals surface area contributed by atoms with Crippen molar-refractivity contribution in [1.82, 2.24) is 4.57 Å². The minimum Gasteiger partial charge on any atom is -0.310 e. The quantitative estimate of drug-likeness (QED) is 0.221. The number of hydrogen-bond donors (Lipinski definition) is 0. The molecule has 0 saturated carbocycles. The normalized spacial score (nSPS) is 13.3. The van der Waals surface area contributed by atoms with Gasteiger partial charge in [0.2, 0.25) is 0 Å². The second-order valence-corrected chi connectivity index (χ2v) is 11.5. The fraction of sp³-hybridized carbons (Fsp3) is 0.0769. The molecule has 0 bridgehead atoms. The Balaban J connectivity index is 1.34. The molecule has 0 amide bonds. The molecule has 2 nitrogen and oxygen atoms in total. The molecule has 0 aliphatic carbocycles. The molecular weight excluding hydrogens is 496 g/mol. The minimum absolute atomic E-state index is 0.0696. The molecule has 8 rings (SSSR count). The van der Waals surface area contributed by atoms with E-state index >= 15 is 0 Å². The Hall–Kier alpha value is -5.08. The maximum Gasteiger partial charge on any atom is 0.0582 e. The van der Waals surface area contributed by atoms with Crippen molar-refractivity contribution in [2.45, 2.75) is 19.3 Å². The van der Waals surface area contributed by atoms with Gasteiger partial charge in [-0.1, -0.05) is 111 Å². The van der Waals surface area contributed by atoms with Crippen LogP contribution in [0.1, 0.15) is 25.0 Å². The van der Waals surface area contributed by atoms with Crippen LogP contribution in [0.3, 0.4) is 0 Å². The summed E-state index contributed by atoms with van der Waals surface area (Å²) >= 11 is 0. The van der Waals surface area contributed by atoms with Crippen LogP contribution in [0.5, 0.6) is 0 Å². The van der Waals surface area contributed by atoms with Crippen molar-refractivity contribution in [3.05, 3.63) is 157 Å². The van der Waals surface area contributed by atoms with Crippen LogP contribution in [-0.2, 0) is 5.41 Å². The second-order valence-electron chi connectivity index (χ2n) is 11.5. The van der Waals surface area contributed by atoms with Gasteiger partial charge in [-0.05, 0) is 70.8 Å². The highest BCUT2D eigenvalue weighted by molar-refractivity contribution is 6.12. The minimum atomic E-state index is -0.0696. The van der Waals surface area contributed by atoms with Gasteiger partial charge in [-0.15, -0.1) is 0 Å². The molecule has 0 saturated heterocycles. The molecule has 1 aromatic heterocycles. The molecule has 0 spiro atoms. The van der Waals surface area contributed by atoms with Crippen molar-refractivity contribution < 1.29 is 0 Å². The Morgan fingerprint density at radius 1 is 0.488 bits per heavy atom. The lowest BCUT2D eigenvalue weighted by atomic mass is 9.75. The second kappa shape index (κ2) is 8.97. The standard InChI is InChI=1S/C39H30N2/c1-39(2)34-17-9-10-19-37(34)41-36-25-24-31(26-33(36)32-16-11-18-35(39)38(32)41)40(29-14-7-4-8-15-29)30-22-20-28(21-23-30)27-12-5-3-6-13-27/h3-26H,1-2H3. The summed E-state index contributed by atoms with van der Waals surface area (Å²) in [6.45, 7) is 4.70. The SMILES string of the molecule is CC1(C)c2ccccc2-n2c3ccc(N(c4ccccc4)c4ccc(-c5ccccc5)cc4)cc3c3cccc1c32. The highest BCUT2D eigenvalue weighted by Gasteiger charge is 2.34. The van der Waals surface area contributed by atoms with Crippen LogP contribution in [0.2, 0.25) is 0 Å². The smallest absolute Gasteiger partial charge is 0.0582 e. The van der Waals surface area contributed by atoms with Crippen LogP contribution in [0.25, 0.3) is 38.6 Å². The Morgan fingerprint density at radius 2 is 1.10 bits per heavy atom. The van der Waals surface area contributed by atoms with E-state index in [-0.39, 0.29) is 5.41 Å². The third-order valence-corrected chi connectivity index (χ3v) is 8.77. The van der Waals surface area contributed by atoms with E-state index in [1.165, 1.54) is 49.7 Å². The van der Waals surface area contributed by atoms with E-state index < -0.39 is 0 Å². The van der Waals surface area contributed by atoms with Gasteiger partial charge in [0.15, 0.2) is 0 Å². The van der Waals surface area contributed by atoms with E-state index in [0.29, 0.717) is 0 Å². The summed E-state index contributed by atoms with van der Waals surface area (Å²) in [5.74, 6) is 0. The zero-order valence-electron chi connectivity index (χ0n) is 23.3. The Kier molecular flexibility index (Phi) is 5.20. The van der Waals surface area contributed by atoms with Crippen LogP contribution >= 0.6 is 0 Å². The molecule has 41 heavy (non-hydrogen) atoms. The van der Waals surface area contributed by atoms with E-state index in [2.05, 4.69) is 169 Å². The van der Waals surface area contributed by atoms with Crippen molar-refractivity contribution in [2.75, 3.05) is 4.90 Å². The maximum absolute atomic E-state index is 2.48. The molecule has 2 heterocycles. The summed E-state index contributed by atoms with van der Waals surface area (Å²) in [4.78, 5) is 2.36. The summed E-state index contributed by atoms with van der Waals surface area (Å²) in [7, 11) is 0. The fourth-order valence-electron chi connectivity index (χ4n) is 6.75. The molecule has 6 aromatic carbocycles. The zero-order chi connectivity index (χ0) is 27.6. The number of rotatable bonds is 4. The number of nitrogens with zero attached hydrogens (tertiary/aromatic N) is 2. The van der Waals surface area contributed by atoms with Gasteiger partial charge in [0.05, 0.1) is 16.7 Å². The van der Waals surface area contributed by atoms with Gasteiger partial charge in [0, 0.05) is 33.2 Å². The van der Waals surface area contributed by atoms with Gasteiger partial charge in [-0.25, -0.2) is 0 Å². The lowest BCUT2D eigenvalue weighted by Crippen LogP contribution is -2.26. The molecule has 1 aliphatic heterocycles. The van der Waals surface area contributed by atoms with Crippen molar-refractivity contribution in [2.24, 2.45) is 0 Å². The highest BCUT2D eigenvalue weighted by Crippen LogP contribution is 2.48. The molecular formula is C39H30N2. The molecule has 2 heteroatoms. The topological polar surface area (TPSA) is 8.17 Å². The summed E-state index contributed by atoms with van der Waals surface area (Å²) < 4.78 is 2.48. The summed E-state index contributed by atoms with van der Waals surface area (Å²) in [6.07, 6.45) is 0. The van der Waals surface area contributed by atoms with Crippen LogP contribution in [0.15, 0.2) is 146 Å². The first-order valence-corrected chi connectivity index (χ1v) is 14.3. The number of para-hydroxylation sites is 3. The van der Waals surface area contributed by atoms with E-state index in [1.54, 1.807) is 0 Å². The largest absolute Gasteiger partial charge is 0.310 e. The average Bonchev–Trinajstić information content (AvgIpc) is 3.36. The number of hydrogen-bond acceptors (Lipinski definition) is 1. The fourth-order valence-corrected chi connectivity index (χ4v) is 6.75. The third kappa shape index (κ3) is 3.57. The molecule has 0 radical (unpaired) electrons. The lowest BCUT2D eigenvalue weighted by molar-refractivity contribution is 0.630. The number of aromatic nitrogens is 1. The van der Waals surface area contributed by atoms with Crippen LogP contribution in [0.4, 0.5) is 17.1 Å². The molecule has 196 valence electrons. The van der Waals surface area contributed by atoms with Gasteiger partial charge in [0.1, 0.15) is 0 Å². The predicted molar refractivity (Wildman–Crippen MR) is 173 cm³/mol.